The minimum atomic E-state index is -1.48. The monoisotopic (exact) mass is 446 g/mol. The van der Waals surface area contributed by atoms with Crippen molar-refractivity contribution < 1.29 is 24.1 Å². The molecule has 0 heterocycles. The zero-order valence-electron chi connectivity index (χ0n) is 17.7. The van der Waals surface area contributed by atoms with Crippen LogP contribution in [-0.4, -0.2) is 35.6 Å². The standard InChI is InChI=1S/C26H23FN2O4/c27-23-13-16(14-28)9-10-21(23)25(31)24(30)11-12-29-26(32)33-15-22-19-7-3-1-5-17(19)18-6-2-4-8-20(18)22/h1-10,13,22,24-25,30-31H,11-12,15H2,(H,29,32). The number of aliphatic hydroxyl groups is 2. The number of nitrogens with one attached hydrogen (secondary N) is 1. The molecule has 7 heteroatoms. The number of amides is 1. The quantitative estimate of drug-likeness (QED) is 0.509. The van der Waals surface area contributed by atoms with E-state index < -0.39 is 24.1 Å². The number of rotatable bonds is 7. The number of ether oxygens (including phenoxy) is 1. The van der Waals surface area contributed by atoms with E-state index in [1.54, 1.807) is 0 Å². The molecule has 0 saturated heterocycles. The van der Waals surface area contributed by atoms with E-state index >= 15 is 0 Å². The van der Waals surface area contributed by atoms with E-state index in [0.29, 0.717) is 0 Å². The lowest BCUT2D eigenvalue weighted by molar-refractivity contribution is 0.0116. The summed E-state index contributed by atoms with van der Waals surface area (Å²) in [5.74, 6) is -0.833. The Labute approximate surface area is 190 Å². The lowest BCUT2D eigenvalue weighted by atomic mass is 9.98. The van der Waals surface area contributed by atoms with Gasteiger partial charge < -0.3 is 20.3 Å². The number of nitriles is 1. The number of fused-ring (bicyclic) bond motifs is 3. The van der Waals surface area contributed by atoms with Crippen molar-refractivity contribution in [3.63, 3.8) is 0 Å². The Bertz CT molecular complexity index is 1160. The number of alkyl carbamates (subject to hydrolysis) is 1. The first-order valence-corrected chi connectivity index (χ1v) is 10.6. The van der Waals surface area contributed by atoms with Crippen molar-refractivity contribution in [2.75, 3.05) is 13.2 Å². The van der Waals surface area contributed by atoms with Gasteiger partial charge in [0.1, 0.15) is 18.5 Å². The normalized spacial score (nSPS) is 14.0. The number of nitrogens with zero attached hydrogens (tertiary/aromatic N) is 1. The summed E-state index contributed by atoms with van der Waals surface area (Å²) in [5, 5.41) is 31.8. The molecule has 2 atom stereocenters. The van der Waals surface area contributed by atoms with Crippen molar-refractivity contribution in [2.45, 2.75) is 24.5 Å². The number of benzene rings is 3. The van der Waals surface area contributed by atoms with Crippen molar-refractivity contribution in [1.29, 1.82) is 5.26 Å². The van der Waals surface area contributed by atoms with Gasteiger partial charge in [-0.2, -0.15) is 5.26 Å². The lowest BCUT2D eigenvalue weighted by Crippen LogP contribution is -2.30. The minimum Gasteiger partial charge on any atom is -0.449 e. The molecule has 0 spiro atoms. The first-order chi connectivity index (χ1) is 16.0. The summed E-state index contributed by atoms with van der Waals surface area (Å²) >= 11 is 0. The second-order valence-corrected chi connectivity index (χ2v) is 7.90. The Kier molecular flexibility index (Phi) is 6.68. The molecule has 0 saturated carbocycles. The highest BCUT2D eigenvalue weighted by molar-refractivity contribution is 5.79. The number of hydrogen-bond acceptors (Lipinski definition) is 5. The molecule has 0 aliphatic heterocycles. The molecule has 4 rings (SSSR count). The van der Waals surface area contributed by atoms with Gasteiger partial charge in [0.05, 0.1) is 17.7 Å². The number of carbonyl (C=O) groups excluding carboxylic acids is 1. The third-order valence-electron chi connectivity index (χ3n) is 5.87. The van der Waals surface area contributed by atoms with E-state index in [4.69, 9.17) is 10.00 Å². The second kappa shape index (κ2) is 9.82. The number of carbonyl (C=O) groups is 1. The summed E-state index contributed by atoms with van der Waals surface area (Å²) in [5.41, 5.74) is 4.49. The molecule has 2 unspecified atom stereocenters. The van der Waals surface area contributed by atoms with Crippen molar-refractivity contribution in [3.05, 3.63) is 94.8 Å². The predicted molar refractivity (Wildman–Crippen MR) is 120 cm³/mol. The van der Waals surface area contributed by atoms with Crippen molar-refractivity contribution in [3.8, 4) is 17.2 Å². The molecule has 1 aliphatic carbocycles. The number of aliphatic hydroxyl groups excluding tert-OH is 2. The highest BCUT2D eigenvalue weighted by Gasteiger charge is 2.29. The maximum Gasteiger partial charge on any atom is 0.407 e. The van der Waals surface area contributed by atoms with Crippen LogP contribution in [0.5, 0.6) is 0 Å². The zero-order chi connectivity index (χ0) is 23.4. The Hall–Kier alpha value is -3.73. The summed E-state index contributed by atoms with van der Waals surface area (Å²) in [7, 11) is 0. The Morgan fingerprint density at radius 2 is 1.70 bits per heavy atom. The van der Waals surface area contributed by atoms with E-state index in [2.05, 4.69) is 17.4 Å². The molecule has 6 nitrogen and oxygen atoms in total. The maximum atomic E-state index is 14.0. The Morgan fingerprint density at radius 3 is 2.30 bits per heavy atom. The third-order valence-corrected chi connectivity index (χ3v) is 5.87. The molecule has 1 amide bonds. The van der Waals surface area contributed by atoms with Crippen molar-refractivity contribution in [2.24, 2.45) is 0 Å². The molecule has 0 fully saturated rings. The van der Waals surface area contributed by atoms with Gasteiger partial charge in [0, 0.05) is 18.0 Å². The van der Waals surface area contributed by atoms with Crippen LogP contribution < -0.4 is 5.32 Å². The van der Waals surface area contributed by atoms with E-state index in [-0.39, 0.29) is 36.6 Å². The van der Waals surface area contributed by atoms with Gasteiger partial charge in [-0.05, 0) is 40.8 Å². The Morgan fingerprint density at radius 1 is 1.06 bits per heavy atom. The summed E-state index contributed by atoms with van der Waals surface area (Å²) in [4.78, 5) is 12.2. The summed E-state index contributed by atoms with van der Waals surface area (Å²) in [6.45, 7) is 0.203. The van der Waals surface area contributed by atoms with Gasteiger partial charge in [-0.25, -0.2) is 9.18 Å². The van der Waals surface area contributed by atoms with Gasteiger partial charge in [-0.15, -0.1) is 0 Å². The topological polar surface area (TPSA) is 103 Å². The molecule has 1 aliphatic rings. The molecule has 33 heavy (non-hydrogen) atoms. The molecule has 0 radical (unpaired) electrons. The van der Waals surface area contributed by atoms with Crippen LogP contribution >= 0.6 is 0 Å². The average molecular weight is 446 g/mol. The van der Waals surface area contributed by atoms with Crippen LogP contribution in [0.15, 0.2) is 66.7 Å². The largest absolute Gasteiger partial charge is 0.449 e. The van der Waals surface area contributed by atoms with Crippen LogP contribution in [0.2, 0.25) is 0 Å². The smallest absolute Gasteiger partial charge is 0.407 e. The van der Waals surface area contributed by atoms with E-state index in [1.807, 2.05) is 42.5 Å². The molecular weight excluding hydrogens is 423 g/mol. The van der Waals surface area contributed by atoms with Crippen LogP contribution in [-0.2, 0) is 4.74 Å². The molecular formula is C26H23FN2O4. The van der Waals surface area contributed by atoms with Crippen LogP contribution in [0.1, 0.15) is 40.7 Å². The van der Waals surface area contributed by atoms with Crippen LogP contribution in [0.4, 0.5) is 9.18 Å². The fourth-order valence-corrected chi connectivity index (χ4v) is 4.17. The van der Waals surface area contributed by atoms with Gasteiger partial charge in [-0.3, -0.25) is 0 Å². The average Bonchev–Trinajstić information content (AvgIpc) is 3.16. The first kappa shape index (κ1) is 22.5. The van der Waals surface area contributed by atoms with Gasteiger partial charge in [0.25, 0.3) is 0 Å². The van der Waals surface area contributed by atoms with Gasteiger partial charge in [0.2, 0.25) is 0 Å². The molecule has 3 aromatic carbocycles. The van der Waals surface area contributed by atoms with Crippen LogP contribution in [0.25, 0.3) is 11.1 Å². The van der Waals surface area contributed by atoms with E-state index in [0.717, 1.165) is 28.3 Å². The highest BCUT2D eigenvalue weighted by atomic mass is 19.1. The van der Waals surface area contributed by atoms with Crippen molar-refractivity contribution in [1.82, 2.24) is 5.32 Å². The molecule has 3 N–H and O–H groups in total. The highest BCUT2D eigenvalue weighted by Crippen LogP contribution is 2.44. The zero-order valence-corrected chi connectivity index (χ0v) is 17.7. The predicted octanol–water partition coefficient (Wildman–Crippen LogP) is 4.02. The third kappa shape index (κ3) is 4.72. The van der Waals surface area contributed by atoms with Crippen LogP contribution in [0.3, 0.4) is 0 Å². The van der Waals surface area contributed by atoms with Crippen LogP contribution in [0, 0.1) is 17.1 Å². The molecule has 168 valence electrons. The summed E-state index contributed by atoms with van der Waals surface area (Å²) in [6.07, 6.45) is -3.43. The van der Waals surface area contributed by atoms with E-state index in [1.165, 1.54) is 12.1 Å². The first-order valence-electron chi connectivity index (χ1n) is 10.6. The lowest BCUT2D eigenvalue weighted by Gasteiger charge is -2.19. The van der Waals surface area contributed by atoms with Crippen molar-refractivity contribution >= 4 is 6.09 Å². The van der Waals surface area contributed by atoms with Gasteiger partial charge >= 0.3 is 6.09 Å². The van der Waals surface area contributed by atoms with Gasteiger partial charge in [-0.1, -0.05) is 54.6 Å². The summed E-state index contributed by atoms with van der Waals surface area (Å²) in [6, 6.07) is 21.5. The summed E-state index contributed by atoms with van der Waals surface area (Å²) < 4.78 is 19.5. The SMILES string of the molecule is N#Cc1ccc(C(O)C(O)CCNC(=O)OCC2c3ccccc3-c3ccccc32)c(F)c1. The number of halogens is 1. The fraction of sp³-hybridized carbons (Fsp3) is 0.231. The molecule has 0 bridgehead atoms. The Balaban J connectivity index is 1.29. The second-order valence-electron chi connectivity index (χ2n) is 7.90. The minimum absolute atomic E-state index is 0.00912. The fourth-order valence-electron chi connectivity index (χ4n) is 4.17. The molecule has 0 aromatic heterocycles. The number of hydrogen-bond donors (Lipinski definition) is 3. The van der Waals surface area contributed by atoms with E-state index in [9.17, 15) is 19.4 Å². The van der Waals surface area contributed by atoms with Gasteiger partial charge in [0.15, 0.2) is 0 Å². The maximum absolute atomic E-state index is 14.0. The molecule has 3 aromatic rings.